The third kappa shape index (κ3) is 1.78. The Morgan fingerprint density at radius 1 is 1.11 bits per heavy atom. The van der Waals surface area contributed by atoms with Gasteiger partial charge in [-0.15, -0.1) is 0 Å². The van der Waals surface area contributed by atoms with Gasteiger partial charge in [0.25, 0.3) is 0 Å². The van der Waals surface area contributed by atoms with Gasteiger partial charge in [-0.05, 0) is 30.2 Å². The molecule has 2 atom stereocenters. The molecule has 0 saturated heterocycles. The van der Waals surface area contributed by atoms with Gasteiger partial charge in [0.1, 0.15) is 0 Å². The molecule has 3 rings (SSSR count). The monoisotopic (exact) mass is 259 g/mol. The number of carboxylic acids is 2. The SMILES string of the molecule is O=C(O)C1Cc2cc3ccccn3c2CC1C(=O)O. The summed E-state index contributed by atoms with van der Waals surface area (Å²) in [6.45, 7) is 0. The van der Waals surface area contributed by atoms with Gasteiger partial charge in [-0.1, -0.05) is 6.07 Å². The zero-order chi connectivity index (χ0) is 13.6. The van der Waals surface area contributed by atoms with E-state index in [4.69, 9.17) is 0 Å². The van der Waals surface area contributed by atoms with Crippen molar-refractivity contribution in [1.29, 1.82) is 0 Å². The molecule has 2 N–H and O–H groups in total. The summed E-state index contributed by atoms with van der Waals surface area (Å²) in [6, 6.07) is 7.67. The summed E-state index contributed by atoms with van der Waals surface area (Å²) in [5.41, 5.74) is 2.83. The first-order valence-electron chi connectivity index (χ1n) is 6.11. The zero-order valence-electron chi connectivity index (χ0n) is 10.1. The summed E-state index contributed by atoms with van der Waals surface area (Å²) < 4.78 is 1.95. The van der Waals surface area contributed by atoms with E-state index in [1.807, 2.05) is 34.9 Å². The van der Waals surface area contributed by atoms with Crippen LogP contribution in [0.15, 0.2) is 30.5 Å². The van der Waals surface area contributed by atoms with Gasteiger partial charge in [0.15, 0.2) is 0 Å². The summed E-state index contributed by atoms with van der Waals surface area (Å²) in [4.78, 5) is 22.5. The molecule has 0 amide bonds. The highest BCUT2D eigenvalue weighted by Gasteiger charge is 2.39. The molecule has 0 saturated carbocycles. The van der Waals surface area contributed by atoms with Crippen LogP contribution < -0.4 is 0 Å². The molecule has 2 aromatic heterocycles. The summed E-state index contributed by atoms with van der Waals surface area (Å²) >= 11 is 0. The topological polar surface area (TPSA) is 79.0 Å². The predicted octanol–water partition coefficient (Wildman–Crippen LogP) is 1.44. The Bertz CT molecular complexity index is 673. The summed E-state index contributed by atoms with van der Waals surface area (Å²) in [7, 11) is 0. The minimum Gasteiger partial charge on any atom is -0.481 e. The number of carboxylic acid groups (broad SMARTS) is 2. The van der Waals surface area contributed by atoms with E-state index < -0.39 is 23.8 Å². The minimum absolute atomic E-state index is 0.264. The van der Waals surface area contributed by atoms with Crippen LogP contribution in [0.25, 0.3) is 5.52 Å². The average Bonchev–Trinajstić information content (AvgIpc) is 2.74. The Morgan fingerprint density at radius 2 is 1.79 bits per heavy atom. The molecule has 1 aliphatic carbocycles. The lowest BCUT2D eigenvalue weighted by molar-refractivity contribution is -0.154. The zero-order valence-corrected chi connectivity index (χ0v) is 10.1. The molecule has 0 spiro atoms. The lowest BCUT2D eigenvalue weighted by atomic mass is 9.78. The number of rotatable bonds is 2. The Hall–Kier alpha value is -2.30. The van der Waals surface area contributed by atoms with Crippen molar-refractivity contribution >= 4 is 17.5 Å². The van der Waals surface area contributed by atoms with Crippen LogP contribution in [-0.4, -0.2) is 26.6 Å². The number of nitrogens with zero attached hydrogens (tertiary/aromatic N) is 1. The Morgan fingerprint density at radius 3 is 2.47 bits per heavy atom. The molecule has 19 heavy (non-hydrogen) atoms. The van der Waals surface area contributed by atoms with Crippen molar-refractivity contribution in [1.82, 2.24) is 4.40 Å². The van der Waals surface area contributed by atoms with E-state index in [-0.39, 0.29) is 12.8 Å². The molecular formula is C14H13NO4. The van der Waals surface area contributed by atoms with Crippen LogP contribution in [0.3, 0.4) is 0 Å². The molecular weight excluding hydrogens is 246 g/mol. The van der Waals surface area contributed by atoms with Crippen LogP contribution in [0.2, 0.25) is 0 Å². The quantitative estimate of drug-likeness (QED) is 0.855. The first-order valence-corrected chi connectivity index (χ1v) is 6.11. The second-order valence-corrected chi connectivity index (χ2v) is 4.91. The number of hydrogen-bond acceptors (Lipinski definition) is 2. The maximum absolute atomic E-state index is 11.3. The maximum Gasteiger partial charge on any atom is 0.307 e. The van der Waals surface area contributed by atoms with Gasteiger partial charge in [-0.25, -0.2) is 0 Å². The van der Waals surface area contributed by atoms with Crippen LogP contribution >= 0.6 is 0 Å². The summed E-state index contributed by atoms with van der Waals surface area (Å²) in [6.07, 6.45) is 2.43. The molecule has 0 aromatic carbocycles. The molecule has 0 fully saturated rings. The molecule has 5 nitrogen and oxygen atoms in total. The molecule has 2 aromatic rings. The van der Waals surface area contributed by atoms with Crippen LogP contribution in [0.1, 0.15) is 11.3 Å². The van der Waals surface area contributed by atoms with Gasteiger partial charge >= 0.3 is 11.9 Å². The minimum atomic E-state index is -1.04. The van der Waals surface area contributed by atoms with Crippen molar-refractivity contribution in [2.24, 2.45) is 11.8 Å². The normalized spacial score (nSPS) is 22.1. The molecule has 0 aliphatic heterocycles. The van der Waals surface area contributed by atoms with E-state index in [0.29, 0.717) is 0 Å². The van der Waals surface area contributed by atoms with E-state index in [0.717, 1.165) is 16.8 Å². The second kappa shape index (κ2) is 4.12. The lowest BCUT2D eigenvalue weighted by Crippen LogP contribution is -2.36. The van der Waals surface area contributed by atoms with E-state index in [2.05, 4.69) is 0 Å². The smallest absolute Gasteiger partial charge is 0.307 e. The van der Waals surface area contributed by atoms with Crippen molar-refractivity contribution in [2.75, 3.05) is 0 Å². The predicted molar refractivity (Wildman–Crippen MR) is 67.1 cm³/mol. The van der Waals surface area contributed by atoms with Crippen molar-refractivity contribution in [3.63, 3.8) is 0 Å². The van der Waals surface area contributed by atoms with Crippen LogP contribution in [0, 0.1) is 11.8 Å². The van der Waals surface area contributed by atoms with Gasteiger partial charge in [-0.3, -0.25) is 9.59 Å². The number of aromatic nitrogens is 1. The average molecular weight is 259 g/mol. The van der Waals surface area contributed by atoms with E-state index in [1.165, 1.54) is 0 Å². The van der Waals surface area contributed by atoms with Crippen LogP contribution in [-0.2, 0) is 22.4 Å². The van der Waals surface area contributed by atoms with E-state index in [1.54, 1.807) is 0 Å². The number of aliphatic carboxylic acids is 2. The Labute approximate surface area is 109 Å². The summed E-state index contributed by atoms with van der Waals surface area (Å²) in [5.74, 6) is -3.78. The fourth-order valence-electron chi connectivity index (χ4n) is 2.89. The number of fused-ring (bicyclic) bond motifs is 3. The van der Waals surface area contributed by atoms with Gasteiger partial charge in [0.05, 0.1) is 11.8 Å². The molecule has 98 valence electrons. The lowest BCUT2D eigenvalue weighted by Gasteiger charge is -2.25. The number of hydrogen-bond donors (Lipinski definition) is 2. The van der Waals surface area contributed by atoms with Crippen molar-refractivity contribution in [3.8, 4) is 0 Å². The highest BCUT2D eigenvalue weighted by atomic mass is 16.4. The fourth-order valence-corrected chi connectivity index (χ4v) is 2.89. The third-order valence-corrected chi connectivity index (χ3v) is 3.85. The van der Waals surface area contributed by atoms with Crippen LogP contribution in [0.5, 0.6) is 0 Å². The highest BCUT2D eigenvalue weighted by molar-refractivity contribution is 5.81. The van der Waals surface area contributed by atoms with Gasteiger partial charge < -0.3 is 14.6 Å². The second-order valence-electron chi connectivity index (χ2n) is 4.91. The van der Waals surface area contributed by atoms with E-state index >= 15 is 0 Å². The fraction of sp³-hybridized carbons (Fsp3) is 0.286. The van der Waals surface area contributed by atoms with Gasteiger partial charge in [0, 0.05) is 23.8 Å². The number of pyridine rings is 1. The van der Waals surface area contributed by atoms with Gasteiger partial charge in [0.2, 0.25) is 0 Å². The Kier molecular flexibility index (Phi) is 2.55. The molecule has 5 heteroatoms. The van der Waals surface area contributed by atoms with E-state index in [9.17, 15) is 19.8 Å². The van der Waals surface area contributed by atoms with Crippen molar-refractivity contribution < 1.29 is 19.8 Å². The number of carbonyl (C=O) groups is 2. The van der Waals surface area contributed by atoms with Crippen molar-refractivity contribution in [3.05, 3.63) is 41.7 Å². The highest BCUT2D eigenvalue weighted by Crippen LogP contribution is 2.33. The molecule has 2 unspecified atom stereocenters. The maximum atomic E-state index is 11.3. The standard InChI is InChI=1S/C14H13NO4/c16-13(17)10-6-8-5-9-3-1-2-4-15(9)12(8)7-11(10)14(18)19/h1-5,10-11H,6-7H2,(H,16,17)(H,18,19). The molecule has 2 heterocycles. The Balaban J connectivity index is 2.12. The third-order valence-electron chi connectivity index (χ3n) is 3.85. The summed E-state index contributed by atoms with van der Waals surface area (Å²) in [5, 5.41) is 18.4. The molecule has 0 radical (unpaired) electrons. The van der Waals surface area contributed by atoms with Crippen molar-refractivity contribution in [2.45, 2.75) is 12.8 Å². The largest absolute Gasteiger partial charge is 0.481 e. The molecule has 0 bridgehead atoms. The molecule has 1 aliphatic rings. The first-order chi connectivity index (χ1) is 9.08. The first kappa shape index (κ1) is 11.8. The van der Waals surface area contributed by atoms with Crippen LogP contribution in [0.4, 0.5) is 0 Å². The van der Waals surface area contributed by atoms with Gasteiger partial charge in [-0.2, -0.15) is 0 Å².